The van der Waals surface area contributed by atoms with Crippen LogP contribution in [0.25, 0.3) is 0 Å². The first-order valence-electron chi connectivity index (χ1n) is 3.50. The standard InChI is InChI=1S/C7H9N3OS/c11-6(2-5-12)10-7-8-3-1-4-9-7/h1,3-4,12H,2,5H2,(H,8,9,10,11). The van der Waals surface area contributed by atoms with Crippen molar-refractivity contribution >= 4 is 24.5 Å². The quantitative estimate of drug-likeness (QED) is 0.679. The molecule has 0 unspecified atom stereocenters. The molecule has 1 rings (SSSR count). The van der Waals surface area contributed by atoms with E-state index in [-0.39, 0.29) is 5.91 Å². The van der Waals surface area contributed by atoms with Crippen LogP contribution in [0, 0.1) is 0 Å². The SMILES string of the molecule is O=C(CCS)Nc1ncccn1. The highest BCUT2D eigenvalue weighted by Crippen LogP contribution is 1.95. The predicted molar refractivity (Wildman–Crippen MR) is 49.1 cm³/mol. The van der Waals surface area contributed by atoms with Crippen LogP contribution in [-0.4, -0.2) is 21.6 Å². The average Bonchev–Trinajstić information content (AvgIpc) is 2.06. The lowest BCUT2D eigenvalue weighted by atomic mass is 10.4. The van der Waals surface area contributed by atoms with Crippen LogP contribution in [0.4, 0.5) is 5.95 Å². The summed E-state index contributed by atoms with van der Waals surface area (Å²) in [4.78, 5) is 18.6. The highest BCUT2D eigenvalue weighted by atomic mass is 32.1. The average molecular weight is 183 g/mol. The fourth-order valence-electron chi connectivity index (χ4n) is 0.652. The molecule has 1 heterocycles. The third-order valence-electron chi connectivity index (χ3n) is 1.16. The van der Waals surface area contributed by atoms with Crippen LogP contribution >= 0.6 is 12.6 Å². The molecule has 12 heavy (non-hydrogen) atoms. The Morgan fingerprint density at radius 1 is 1.50 bits per heavy atom. The summed E-state index contributed by atoms with van der Waals surface area (Å²) in [7, 11) is 0. The molecule has 1 amide bonds. The first-order valence-corrected chi connectivity index (χ1v) is 4.14. The first kappa shape index (κ1) is 8.99. The minimum atomic E-state index is -0.115. The maximum atomic E-state index is 11.0. The van der Waals surface area contributed by atoms with E-state index in [1.807, 2.05) is 0 Å². The summed E-state index contributed by atoms with van der Waals surface area (Å²) in [5, 5.41) is 2.53. The van der Waals surface area contributed by atoms with Crippen LogP contribution in [0.5, 0.6) is 0 Å². The number of anilines is 1. The van der Waals surface area contributed by atoms with Crippen molar-refractivity contribution in [2.75, 3.05) is 11.1 Å². The van der Waals surface area contributed by atoms with E-state index in [9.17, 15) is 4.79 Å². The smallest absolute Gasteiger partial charge is 0.229 e. The maximum absolute atomic E-state index is 11.0. The summed E-state index contributed by atoms with van der Waals surface area (Å²) in [6.07, 6.45) is 3.52. The van der Waals surface area contributed by atoms with Crippen molar-refractivity contribution in [1.82, 2.24) is 9.97 Å². The van der Waals surface area contributed by atoms with E-state index in [1.165, 1.54) is 0 Å². The van der Waals surface area contributed by atoms with E-state index in [2.05, 4.69) is 27.9 Å². The zero-order chi connectivity index (χ0) is 8.81. The summed E-state index contributed by atoms with van der Waals surface area (Å²) < 4.78 is 0. The van der Waals surface area contributed by atoms with Crippen molar-refractivity contribution in [3.63, 3.8) is 0 Å². The van der Waals surface area contributed by atoms with Gasteiger partial charge in [-0.2, -0.15) is 12.6 Å². The Labute approximate surface area is 75.8 Å². The Kier molecular flexibility index (Phi) is 3.53. The molecule has 0 aromatic carbocycles. The molecule has 0 aliphatic carbocycles. The number of rotatable bonds is 3. The topological polar surface area (TPSA) is 54.9 Å². The number of carbonyl (C=O) groups excluding carboxylic acids is 1. The van der Waals surface area contributed by atoms with Crippen molar-refractivity contribution in [2.24, 2.45) is 0 Å². The van der Waals surface area contributed by atoms with Gasteiger partial charge in [0.2, 0.25) is 11.9 Å². The first-order chi connectivity index (χ1) is 5.83. The molecule has 0 atom stereocenters. The van der Waals surface area contributed by atoms with Crippen molar-refractivity contribution in [1.29, 1.82) is 0 Å². The van der Waals surface area contributed by atoms with Crippen LogP contribution in [0.2, 0.25) is 0 Å². The molecule has 0 saturated carbocycles. The van der Waals surface area contributed by atoms with Gasteiger partial charge in [-0.05, 0) is 11.8 Å². The van der Waals surface area contributed by atoms with E-state index < -0.39 is 0 Å². The van der Waals surface area contributed by atoms with Gasteiger partial charge < -0.3 is 0 Å². The molecule has 0 bridgehead atoms. The molecule has 64 valence electrons. The molecule has 0 saturated heterocycles. The van der Waals surface area contributed by atoms with Crippen molar-refractivity contribution in [3.05, 3.63) is 18.5 Å². The van der Waals surface area contributed by atoms with Gasteiger partial charge in [0.25, 0.3) is 0 Å². The van der Waals surface area contributed by atoms with Crippen molar-refractivity contribution in [2.45, 2.75) is 6.42 Å². The lowest BCUT2D eigenvalue weighted by Gasteiger charge is -1.99. The van der Waals surface area contributed by atoms with Gasteiger partial charge in [0, 0.05) is 18.8 Å². The van der Waals surface area contributed by atoms with Crippen molar-refractivity contribution < 1.29 is 4.79 Å². The molecule has 0 fully saturated rings. The van der Waals surface area contributed by atoms with E-state index in [1.54, 1.807) is 18.5 Å². The van der Waals surface area contributed by atoms with E-state index in [4.69, 9.17) is 0 Å². The zero-order valence-corrected chi connectivity index (χ0v) is 7.29. The normalized spacial score (nSPS) is 9.42. The summed E-state index contributed by atoms with van der Waals surface area (Å²) in [5.74, 6) is 0.749. The number of thiol groups is 1. The second-order valence-electron chi connectivity index (χ2n) is 2.09. The van der Waals surface area contributed by atoms with Gasteiger partial charge in [-0.1, -0.05) is 0 Å². The molecule has 0 radical (unpaired) electrons. The van der Waals surface area contributed by atoms with Gasteiger partial charge in [0.15, 0.2) is 0 Å². The number of amides is 1. The number of hydrogen-bond acceptors (Lipinski definition) is 4. The van der Waals surface area contributed by atoms with Crippen molar-refractivity contribution in [3.8, 4) is 0 Å². The predicted octanol–water partition coefficient (Wildman–Crippen LogP) is 0.735. The number of nitrogens with zero attached hydrogens (tertiary/aromatic N) is 2. The van der Waals surface area contributed by atoms with Crippen LogP contribution in [0.3, 0.4) is 0 Å². The van der Waals surface area contributed by atoms with Gasteiger partial charge in [0.1, 0.15) is 0 Å². The fourth-order valence-corrected chi connectivity index (χ4v) is 0.855. The number of nitrogens with one attached hydrogen (secondary N) is 1. The number of aromatic nitrogens is 2. The van der Waals surface area contributed by atoms with Gasteiger partial charge in [0.05, 0.1) is 0 Å². The second kappa shape index (κ2) is 4.71. The Morgan fingerprint density at radius 3 is 2.75 bits per heavy atom. The lowest BCUT2D eigenvalue weighted by Crippen LogP contribution is -2.13. The molecule has 4 nitrogen and oxygen atoms in total. The molecule has 5 heteroatoms. The summed E-state index contributed by atoms with van der Waals surface area (Å²) in [6, 6.07) is 1.69. The number of carbonyl (C=O) groups is 1. The third kappa shape index (κ3) is 2.87. The Bertz CT molecular complexity index is 252. The fraction of sp³-hybridized carbons (Fsp3) is 0.286. The van der Waals surface area contributed by atoms with Gasteiger partial charge in [-0.3, -0.25) is 10.1 Å². The zero-order valence-electron chi connectivity index (χ0n) is 6.40. The molecule has 1 aromatic rings. The van der Waals surface area contributed by atoms with Gasteiger partial charge in [-0.15, -0.1) is 0 Å². The maximum Gasteiger partial charge on any atom is 0.229 e. The third-order valence-corrected chi connectivity index (χ3v) is 1.38. The van der Waals surface area contributed by atoms with Crippen LogP contribution < -0.4 is 5.32 Å². The van der Waals surface area contributed by atoms with Gasteiger partial charge in [-0.25, -0.2) is 9.97 Å². The lowest BCUT2D eigenvalue weighted by molar-refractivity contribution is -0.115. The van der Waals surface area contributed by atoms with E-state index in [0.29, 0.717) is 18.1 Å². The molecule has 1 N–H and O–H groups in total. The molecular formula is C7H9N3OS. The molecule has 0 spiro atoms. The molecule has 0 aliphatic rings. The van der Waals surface area contributed by atoms with Gasteiger partial charge >= 0.3 is 0 Å². The second-order valence-corrected chi connectivity index (χ2v) is 2.54. The highest BCUT2D eigenvalue weighted by Gasteiger charge is 2.00. The Balaban J connectivity index is 2.47. The molecule has 0 aliphatic heterocycles. The van der Waals surface area contributed by atoms with Crippen LogP contribution in [0.1, 0.15) is 6.42 Å². The molecular weight excluding hydrogens is 174 g/mol. The number of hydrogen-bond donors (Lipinski definition) is 2. The Morgan fingerprint density at radius 2 is 2.17 bits per heavy atom. The summed E-state index contributed by atoms with van der Waals surface area (Å²) >= 11 is 3.92. The minimum Gasteiger partial charge on any atom is -0.295 e. The van der Waals surface area contributed by atoms with Crippen LogP contribution in [-0.2, 0) is 4.79 Å². The highest BCUT2D eigenvalue weighted by molar-refractivity contribution is 7.80. The monoisotopic (exact) mass is 183 g/mol. The van der Waals surface area contributed by atoms with Crippen LogP contribution in [0.15, 0.2) is 18.5 Å². The Hall–Kier alpha value is -1.10. The summed E-state index contributed by atoms with van der Waals surface area (Å²) in [6.45, 7) is 0. The minimum absolute atomic E-state index is 0.115. The summed E-state index contributed by atoms with van der Waals surface area (Å²) in [5.41, 5.74) is 0. The largest absolute Gasteiger partial charge is 0.295 e. The van der Waals surface area contributed by atoms with E-state index >= 15 is 0 Å². The molecule has 1 aromatic heterocycles. The van der Waals surface area contributed by atoms with E-state index in [0.717, 1.165) is 0 Å².